The maximum Gasteiger partial charge on any atom is 0.256 e. The Balaban J connectivity index is 2.14. The van der Waals surface area contributed by atoms with Crippen molar-refractivity contribution in [2.45, 2.75) is 0 Å². The van der Waals surface area contributed by atoms with Crippen molar-refractivity contribution in [1.29, 1.82) is 0 Å². The van der Waals surface area contributed by atoms with Crippen LogP contribution >= 0.6 is 11.3 Å². The van der Waals surface area contributed by atoms with E-state index < -0.39 is 5.82 Å². The third-order valence-corrected chi connectivity index (χ3v) is 2.88. The molecule has 0 radical (unpaired) electrons. The van der Waals surface area contributed by atoms with Crippen molar-refractivity contribution in [3.05, 3.63) is 46.4 Å². The molecule has 0 fully saturated rings. The van der Waals surface area contributed by atoms with Crippen molar-refractivity contribution in [2.75, 3.05) is 12.4 Å². The average Bonchev–Trinajstić information content (AvgIpc) is 2.82. The predicted octanol–water partition coefficient (Wildman–Crippen LogP) is 3.15. The lowest BCUT2D eigenvalue weighted by Crippen LogP contribution is -2.10. The molecule has 0 saturated carbocycles. The summed E-state index contributed by atoms with van der Waals surface area (Å²) >= 11 is 1.43. The molecule has 0 unspecified atom stereocenters. The van der Waals surface area contributed by atoms with Gasteiger partial charge in [0.1, 0.15) is 0 Å². The van der Waals surface area contributed by atoms with E-state index in [4.69, 9.17) is 4.74 Å². The molecule has 0 bridgehead atoms. The first-order chi connectivity index (χ1) is 8.20. The van der Waals surface area contributed by atoms with E-state index in [2.05, 4.69) is 5.32 Å². The smallest absolute Gasteiger partial charge is 0.256 e. The van der Waals surface area contributed by atoms with E-state index in [0.29, 0.717) is 11.3 Å². The molecule has 88 valence electrons. The fourth-order valence-electron chi connectivity index (χ4n) is 1.34. The zero-order valence-corrected chi connectivity index (χ0v) is 9.88. The minimum atomic E-state index is -0.504. The Hall–Kier alpha value is -1.88. The highest BCUT2D eigenvalue weighted by molar-refractivity contribution is 7.08. The van der Waals surface area contributed by atoms with Crippen LogP contribution in [0.2, 0.25) is 0 Å². The summed E-state index contributed by atoms with van der Waals surface area (Å²) in [6.07, 6.45) is 0. The predicted molar refractivity (Wildman–Crippen MR) is 65.2 cm³/mol. The zero-order valence-electron chi connectivity index (χ0n) is 9.07. The molecule has 1 heterocycles. The van der Waals surface area contributed by atoms with Crippen LogP contribution in [-0.4, -0.2) is 13.0 Å². The lowest BCUT2D eigenvalue weighted by Gasteiger charge is -2.06. The van der Waals surface area contributed by atoms with E-state index in [-0.39, 0.29) is 11.7 Å². The van der Waals surface area contributed by atoms with Crippen molar-refractivity contribution >= 4 is 22.9 Å². The van der Waals surface area contributed by atoms with Gasteiger partial charge in [0.15, 0.2) is 11.6 Å². The first-order valence-electron chi connectivity index (χ1n) is 4.88. The Morgan fingerprint density at radius 1 is 1.41 bits per heavy atom. The molecule has 0 aliphatic heterocycles. The Labute approximate surface area is 102 Å². The number of hydrogen-bond acceptors (Lipinski definition) is 3. The maximum absolute atomic E-state index is 13.4. The lowest BCUT2D eigenvalue weighted by atomic mass is 10.2. The molecule has 0 aliphatic rings. The summed E-state index contributed by atoms with van der Waals surface area (Å²) < 4.78 is 18.2. The zero-order chi connectivity index (χ0) is 12.3. The van der Waals surface area contributed by atoms with E-state index in [1.807, 2.05) is 5.38 Å². The molecule has 1 aromatic carbocycles. The molecule has 2 aromatic rings. The van der Waals surface area contributed by atoms with Crippen molar-refractivity contribution in [2.24, 2.45) is 0 Å². The second kappa shape index (κ2) is 4.97. The molecule has 2 rings (SSSR count). The number of carbonyl (C=O) groups is 1. The van der Waals surface area contributed by atoms with Crippen LogP contribution in [0.25, 0.3) is 0 Å². The van der Waals surface area contributed by atoms with Crippen LogP contribution in [0.15, 0.2) is 35.0 Å². The molecule has 17 heavy (non-hydrogen) atoms. The average molecular weight is 251 g/mol. The van der Waals surface area contributed by atoms with Gasteiger partial charge in [-0.25, -0.2) is 4.39 Å². The molecule has 1 aromatic heterocycles. The summed E-state index contributed by atoms with van der Waals surface area (Å²) in [6.45, 7) is 0. The largest absolute Gasteiger partial charge is 0.494 e. The molecule has 0 atom stereocenters. The molecule has 1 N–H and O–H groups in total. The number of methoxy groups -OCH3 is 1. The number of rotatable bonds is 3. The fourth-order valence-corrected chi connectivity index (χ4v) is 1.98. The summed E-state index contributed by atoms with van der Waals surface area (Å²) in [7, 11) is 1.39. The number of nitrogens with one attached hydrogen (secondary N) is 1. The third kappa shape index (κ3) is 2.62. The first-order valence-corrected chi connectivity index (χ1v) is 5.82. The van der Waals surface area contributed by atoms with Crippen LogP contribution < -0.4 is 10.1 Å². The molecule has 0 spiro atoms. The van der Waals surface area contributed by atoms with Gasteiger partial charge in [-0.1, -0.05) is 0 Å². The number of ether oxygens (including phenoxy) is 1. The van der Waals surface area contributed by atoms with Crippen molar-refractivity contribution in [1.82, 2.24) is 0 Å². The van der Waals surface area contributed by atoms with E-state index in [9.17, 15) is 9.18 Å². The minimum absolute atomic E-state index is 0.151. The number of amides is 1. The molecule has 1 amide bonds. The number of benzene rings is 1. The molecule has 0 saturated heterocycles. The Morgan fingerprint density at radius 2 is 2.24 bits per heavy atom. The van der Waals surface area contributed by atoms with Gasteiger partial charge in [0, 0.05) is 17.1 Å². The number of thiophene rings is 1. The van der Waals surface area contributed by atoms with Crippen LogP contribution in [0.5, 0.6) is 5.75 Å². The van der Waals surface area contributed by atoms with Gasteiger partial charge in [0.2, 0.25) is 0 Å². The summed E-state index contributed by atoms with van der Waals surface area (Å²) in [5.41, 5.74) is 0.964. The van der Waals surface area contributed by atoms with E-state index in [1.54, 1.807) is 17.5 Å². The quantitative estimate of drug-likeness (QED) is 0.910. The second-order valence-electron chi connectivity index (χ2n) is 3.32. The van der Waals surface area contributed by atoms with Gasteiger partial charge in [-0.05, 0) is 23.6 Å². The summed E-state index contributed by atoms with van der Waals surface area (Å²) in [6, 6.07) is 5.99. The van der Waals surface area contributed by atoms with E-state index in [1.165, 1.54) is 30.6 Å². The van der Waals surface area contributed by atoms with Gasteiger partial charge in [0.25, 0.3) is 5.91 Å². The van der Waals surface area contributed by atoms with Gasteiger partial charge in [0.05, 0.1) is 12.7 Å². The molecular formula is C12H10FNO2S. The highest BCUT2D eigenvalue weighted by Gasteiger charge is 2.08. The second-order valence-corrected chi connectivity index (χ2v) is 4.10. The highest BCUT2D eigenvalue weighted by Crippen LogP contribution is 2.21. The van der Waals surface area contributed by atoms with E-state index in [0.717, 1.165) is 0 Å². The van der Waals surface area contributed by atoms with Crippen molar-refractivity contribution < 1.29 is 13.9 Å². The Morgan fingerprint density at radius 3 is 2.82 bits per heavy atom. The Kier molecular flexibility index (Phi) is 3.39. The van der Waals surface area contributed by atoms with Gasteiger partial charge in [-0.3, -0.25) is 4.79 Å². The van der Waals surface area contributed by atoms with E-state index >= 15 is 0 Å². The van der Waals surface area contributed by atoms with Crippen LogP contribution in [0.1, 0.15) is 10.4 Å². The SMILES string of the molecule is COc1ccc(NC(=O)c2ccsc2)cc1F. The number of anilines is 1. The lowest BCUT2D eigenvalue weighted by molar-refractivity contribution is 0.102. The summed E-state index contributed by atoms with van der Waals surface area (Å²) in [4.78, 5) is 11.7. The van der Waals surface area contributed by atoms with Gasteiger partial charge in [-0.2, -0.15) is 11.3 Å². The number of carbonyl (C=O) groups excluding carboxylic acids is 1. The van der Waals surface area contributed by atoms with Crippen LogP contribution in [-0.2, 0) is 0 Å². The van der Waals surface area contributed by atoms with Crippen LogP contribution in [0, 0.1) is 5.82 Å². The molecule has 0 aliphatic carbocycles. The minimum Gasteiger partial charge on any atom is -0.494 e. The normalized spacial score (nSPS) is 10.0. The van der Waals surface area contributed by atoms with Crippen LogP contribution in [0.3, 0.4) is 0 Å². The van der Waals surface area contributed by atoms with Gasteiger partial charge in [-0.15, -0.1) is 0 Å². The topological polar surface area (TPSA) is 38.3 Å². The first kappa shape index (κ1) is 11.6. The Bertz CT molecular complexity index is 525. The molecule has 3 nitrogen and oxygen atoms in total. The molecular weight excluding hydrogens is 241 g/mol. The standard InChI is InChI=1S/C12H10FNO2S/c1-16-11-3-2-9(6-10(11)13)14-12(15)8-4-5-17-7-8/h2-7H,1H3,(H,14,15). The van der Waals surface area contributed by atoms with Crippen LogP contribution in [0.4, 0.5) is 10.1 Å². The summed E-state index contributed by atoms with van der Waals surface area (Å²) in [5, 5.41) is 6.15. The number of hydrogen-bond donors (Lipinski definition) is 1. The summed E-state index contributed by atoms with van der Waals surface area (Å²) in [5.74, 6) is -0.607. The monoisotopic (exact) mass is 251 g/mol. The van der Waals surface area contributed by atoms with Gasteiger partial charge >= 0.3 is 0 Å². The number of halogens is 1. The highest BCUT2D eigenvalue weighted by atomic mass is 32.1. The van der Waals surface area contributed by atoms with Crippen molar-refractivity contribution in [3.8, 4) is 5.75 Å². The van der Waals surface area contributed by atoms with Gasteiger partial charge < -0.3 is 10.1 Å². The van der Waals surface area contributed by atoms with Crippen molar-refractivity contribution in [3.63, 3.8) is 0 Å². The maximum atomic E-state index is 13.4. The third-order valence-electron chi connectivity index (χ3n) is 2.19. The molecule has 5 heteroatoms. The fraction of sp³-hybridized carbons (Fsp3) is 0.0833.